The van der Waals surface area contributed by atoms with E-state index in [0.29, 0.717) is 16.5 Å². The van der Waals surface area contributed by atoms with Crippen LogP contribution in [-0.2, 0) is 0 Å². The number of rotatable bonds is 3. The second kappa shape index (κ2) is 6.08. The first kappa shape index (κ1) is 15.0. The van der Waals surface area contributed by atoms with Gasteiger partial charge in [-0.05, 0) is 24.3 Å². The van der Waals surface area contributed by atoms with Crippen LogP contribution in [0.15, 0.2) is 53.3 Å². The molecular formula is C15H10Cl3N3O. The number of para-hydroxylation sites is 1. The van der Waals surface area contributed by atoms with Crippen LogP contribution in [0, 0.1) is 0 Å². The summed E-state index contributed by atoms with van der Waals surface area (Å²) in [5.74, 6) is 0.526. The van der Waals surface area contributed by atoms with Gasteiger partial charge < -0.3 is 5.32 Å². The van der Waals surface area contributed by atoms with Crippen LogP contribution in [0.1, 0.15) is 0 Å². The van der Waals surface area contributed by atoms with Gasteiger partial charge in [0, 0.05) is 16.8 Å². The van der Waals surface area contributed by atoms with Gasteiger partial charge in [0.05, 0.1) is 10.0 Å². The lowest BCUT2D eigenvalue weighted by atomic mass is 10.3. The third-order valence-electron chi connectivity index (χ3n) is 2.98. The summed E-state index contributed by atoms with van der Waals surface area (Å²) in [5, 5.41) is 7.00. The fourth-order valence-corrected chi connectivity index (χ4v) is 3.04. The maximum atomic E-state index is 12.2. The highest BCUT2D eigenvalue weighted by molar-refractivity contribution is 6.40. The van der Waals surface area contributed by atoms with Crippen molar-refractivity contribution < 1.29 is 0 Å². The fraction of sp³-hybridized carbons (Fsp3) is 0. The van der Waals surface area contributed by atoms with Crippen LogP contribution in [0.4, 0.5) is 11.5 Å². The minimum atomic E-state index is -0.287. The van der Waals surface area contributed by atoms with Crippen LogP contribution >= 0.6 is 34.8 Å². The Bertz CT molecular complexity index is 848. The molecule has 7 heteroatoms. The van der Waals surface area contributed by atoms with E-state index < -0.39 is 0 Å². The Morgan fingerprint density at radius 2 is 1.59 bits per heavy atom. The molecule has 2 aromatic carbocycles. The number of H-pyrrole nitrogens is 1. The summed E-state index contributed by atoms with van der Waals surface area (Å²) in [6, 6.07) is 14.0. The molecule has 0 bridgehead atoms. The van der Waals surface area contributed by atoms with Crippen molar-refractivity contribution in [3.8, 4) is 5.69 Å². The lowest BCUT2D eigenvalue weighted by molar-refractivity contribution is 0.853. The zero-order valence-electron chi connectivity index (χ0n) is 11.1. The average molecular weight is 355 g/mol. The summed E-state index contributed by atoms with van der Waals surface area (Å²) in [7, 11) is 0. The highest BCUT2D eigenvalue weighted by atomic mass is 35.5. The predicted molar refractivity (Wildman–Crippen MR) is 91.1 cm³/mol. The van der Waals surface area contributed by atoms with E-state index in [1.165, 1.54) is 22.9 Å². The lowest BCUT2D eigenvalue weighted by Gasteiger charge is -2.08. The van der Waals surface area contributed by atoms with Crippen molar-refractivity contribution in [1.82, 2.24) is 9.78 Å². The normalized spacial score (nSPS) is 10.7. The smallest absolute Gasteiger partial charge is 0.273 e. The molecule has 112 valence electrons. The van der Waals surface area contributed by atoms with E-state index in [1.54, 1.807) is 0 Å². The summed E-state index contributed by atoms with van der Waals surface area (Å²) in [6.45, 7) is 0. The summed E-state index contributed by atoms with van der Waals surface area (Å²) in [5.41, 5.74) is 0.924. The highest BCUT2D eigenvalue weighted by Gasteiger charge is 2.14. The molecule has 0 aliphatic rings. The van der Waals surface area contributed by atoms with Gasteiger partial charge in [0.2, 0.25) is 0 Å². The van der Waals surface area contributed by atoms with Crippen molar-refractivity contribution in [1.29, 1.82) is 0 Å². The fourth-order valence-electron chi connectivity index (χ4n) is 2.05. The van der Waals surface area contributed by atoms with Crippen LogP contribution in [0.5, 0.6) is 0 Å². The topological polar surface area (TPSA) is 49.8 Å². The molecule has 0 radical (unpaired) electrons. The summed E-state index contributed by atoms with van der Waals surface area (Å²) in [6.07, 6.45) is 0. The van der Waals surface area contributed by atoms with Gasteiger partial charge in [0.25, 0.3) is 5.56 Å². The lowest BCUT2D eigenvalue weighted by Crippen LogP contribution is -2.14. The van der Waals surface area contributed by atoms with Crippen molar-refractivity contribution >= 4 is 46.3 Å². The molecule has 0 spiro atoms. The van der Waals surface area contributed by atoms with E-state index in [-0.39, 0.29) is 15.6 Å². The molecule has 4 nitrogen and oxygen atoms in total. The van der Waals surface area contributed by atoms with Gasteiger partial charge in [-0.2, -0.15) is 0 Å². The van der Waals surface area contributed by atoms with E-state index in [2.05, 4.69) is 10.4 Å². The van der Waals surface area contributed by atoms with Crippen LogP contribution in [0.3, 0.4) is 0 Å². The minimum Gasteiger partial charge on any atom is -0.341 e. The first-order chi connectivity index (χ1) is 10.5. The van der Waals surface area contributed by atoms with Crippen LogP contribution in [-0.4, -0.2) is 9.78 Å². The molecule has 0 saturated carbocycles. The van der Waals surface area contributed by atoms with E-state index in [9.17, 15) is 4.79 Å². The molecule has 0 fully saturated rings. The van der Waals surface area contributed by atoms with Crippen LogP contribution < -0.4 is 10.9 Å². The van der Waals surface area contributed by atoms with Crippen molar-refractivity contribution in [3.63, 3.8) is 0 Å². The second-order valence-electron chi connectivity index (χ2n) is 4.55. The summed E-state index contributed by atoms with van der Waals surface area (Å²) < 4.78 is 1.27. The number of halogens is 3. The van der Waals surface area contributed by atoms with Gasteiger partial charge in [-0.3, -0.25) is 9.89 Å². The van der Waals surface area contributed by atoms with E-state index in [1.807, 2.05) is 30.3 Å². The first-order valence-electron chi connectivity index (χ1n) is 6.33. The monoisotopic (exact) mass is 353 g/mol. The number of hydrogen-bond acceptors (Lipinski definition) is 2. The Morgan fingerprint density at radius 3 is 2.23 bits per heavy atom. The summed E-state index contributed by atoms with van der Waals surface area (Å²) in [4.78, 5) is 12.2. The van der Waals surface area contributed by atoms with Gasteiger partial charge in [-0.1, -0.05) is 53.0 Å². The van der Waals surface area contributed by atoms with Gasteiger partial charge in [0.15, 0.2) is 0 Å². The Kier molecular flexibility index (Phi) is 4.16. The third kappa shape index (κ3) is 2.99. The summed E-state index contributed by atoms with van der Waals surface area (Å²) >= 11 is 18.2. The molecule has 3 rings (SSSR count). The molecular weight excluding hydrogens is 345 g/mol. The number of aromatic amines is 1. The second-order valence-corrected chi connectivity index (χ2v) is 5.80. The molecule has 1 heterocycles. The van der Waals surface area contributed by atoms with Crippen molar-refractivity contribution in [2.75, 3.05) is 5.32 Å². The molecule has 22 heavy (non-hydrogen) atoms. The number of nitrogens with one attached hydrogen (secondary N) is 2. The largest absolute Gasteiger partial charge is 0.341 e. The third-order valence-corrected chi connectivity index (χ3v) is 3.77. The average Bonchev–Trinajstić information content (AvgIpc) is 2.79. The molecule has 2 N–H and O–H groups in total. The van der Waals surface area contributed by atoms with Gasteiger partial charge in [0.1, 0.15) is 11.5 Å². The minimum absolute atomic E-state index is 0.285. The molecule has 0 amide bonds. The number of anilines is 2. The molecule has 0 atom stereocenters. The molecule has 0 aliphatic heterocycles. The molecule has 0 unspecified atom stereocenters. The van der Waals surface area contributed by atoms with Crippen LogP contribution in [0.25, 0.3) is 5.69 Å². The SMILES string of the molecule is O=c1cc(Nc2ccccc2)[nH]n1-c1c(Cl)cc(Cl)cc1Cl. The molecule has 0 saturated heterocycles. The Hall–Kier alpha value is -1.88. The van der Waals surface area contributed by atoms with E-state index in [4.69, 9.17) is 34.8 Å². The van der Waals surface area contributed by atoms with Crippen LogP contribution in [0.2, 0.25) is 15.1 Å². The number of benzene rings is 2. The van der Waals surface area contributed by atoms with Gasteiger partial charge >= 0.3 is 0 Å². The molecule has 0 aliphatic carbocycles. The first-order valence-corrected chi connectivity index (χ1v) is 7.47. The number of nitrogens with zero attached hydrogens (tertiary/aromatic N) is 1. The van der Waals surface area contributed by atoms with E-state index >= 15 is 0 Å². The Labute approximate surface area is 141 Å². The van der Waals surface area contributed by atoms with Gasteiger partial charge in [-0.25, -0.2) is 4.68 Å². The van der Waals surface area contributed by atoms with Crippen molar-refractivity contribution in [2.45, 2.75) is 0 Å². The predicted octanol–water partition coefficient (Wildman–Crippen LogP) is 4.87. The number of hydrogen-bond donors (Lipinski definition) is 2. The zero-order chi connectivity index (χ0) is 15.7. The van der Waals surface area contributed by atoms with Crippen molar-refractivity contribution in [2.24, 2.45) is 0 Å². The highest BCUT2D eigenvalue weighted by Crippen LogP contribution is 2.31. The standard InChI is InChI=1S/C15H10Cl3N3O/c16-9-6-11(17)15(12(18)7-9)21-14(22)8-13(20-21)19-10-4-2-1-3-5-10/h1-8,19-20H. The maximum Gasteiger partial charge on any atom is 0.273 e. The zero-order valence-corrected chi connectivity index (χ0v) is 13.4. The Balaban J connectivity index is 2.02. The quantitative estimate of drug-likeness (QED) is 0.705. The number of aromatic nitrogens is 2. The molecule has 1 aromatic heterocycles. The van der Waals surface area contributed by atoms with Crippen molar-refractivity contribution in [3.05, 3.63) is 74.0 Å². The van der Waals surface area contributed by atoms with E-state index in [0.717, 1.165) is 5.69 Å². The Morgan fingerprint density at radius 1 is 0.955 bits per heavy atom. The van der Waals surface area contributed by atoms with Gasteiger partial charge in [-0.15, -0.1) is 0 Å². The molecule has 3 aromatic rings. The maximum absolute atomic E-state index is 12.2.